The number of alkyl halides is 3. The second kappa shape index (κ2) is 8.00. The average Bonchev–Trinajstić information content (AvgIpc) is 3.19. The van der Waals surface area contributed by atoms with Crippen molar-refractivity contribution >= 4 is 17.4 Å². The minimum absolute atomic E-state index is 0.108. The topological polar surface area (TPSA) is 97.1 Å². The molecule has 0 atom stereocenters. The predicted octanol–water partition coefficient (Wildman–Crippen LogP) is 2.88. The first-order valence-corrected chi connectivity index (χ1v) is 9.52. The van der Waals surface area contributed by atoms with Crippen molar-refractivity contribution in [1.29, 1.82) is 0 Å². The number of hydrogen-bond donors (Lipinski definition) is 2. The lowest BCUT2D eigenvalue weighted by Gasteiger charge is -2.18. The van der Waals surface area contributed by atoms with Gasteiger partial charge in [0.2, 0.25) is 0 Å². The van der Waals surface area contributed by atoms with Crippen LogP contribution in [0.3, 0.4) is 0 Å². The standard InChI is InChI=1S/C19H17F3N4O3S/c1-18(2,29)10-23-16(27)14-7-15(11-3-5-12(6-4-11)19(20,21)22)25-26(17(14)28)13-8-24-30-9-13/h3-9,29H,10H2,1-2H3,(H,23,27). The highest BCUT2D eigenvalue weighted by molar-refractivity contribution is 7.03. The van der Waals surface area contributed by atoms with Crippen molar-refractivity contribution in [2.45, 2.75) is 25.6 Å². The predicted molar refractivity (Wildman–Crippen MR) is 105 cm³/mol. The van der Waals surface area contributed by atoms with Crippen LogP contribution in [0.2, 0.25) is 0 Å². The Labute approximate surface area is 173 Å². The van der Waals surface area contributed by atoms with E-state index in [-0.39, 0.29) is 23.4 Å². The third-order valence-electron chi connectivity index (χ3n) is 4.01. The summed E-state index contributed by atoms with van der Waals surface area (Å²) < 4.78 is 43.4. The molecule has 0 saturated carbocycles. The van der Waals surface area contributed by atoms with Crippen molar-refractivity contribution in [3.05, 3.63) is 63.4 Å². The minimum Gasteiger partial charge on any atom is -0.389 e. The second-order valence-corrected chi connectivity index (χ2v) is 7.77. The van der Waals surface area contributed by atoms with Crippen molar-refractivity contribution in [3.63, 3.8) is 0 Å². The van der Waals surface area contributed by atoms with E-state index in [0.29, 0.717) is 5.69 Å². The third kappa shape index (κ3) is 4.92. The fourth-order valence-corrected chi connectivity index (χ4v) is 3.00. The van der Waals surface area contributed by atoms with E-state index >= 15 is 0 Å². The van der Waals surface area contributed by atoms with Crippen LogP contribution in [-0.2, 0) is 6.18 Å². The number of nitrogens with zero attached hydrogens (tertiary/aromatic N) is 3. The fraction of sp³-hybridized carbons (Fsp3) is 0.263. The van der Waals surface area contributed by atoms with Gasteiger partial charge in [-0.3, -0.25) is 9.59 Å². The van der Waals surface area contributed by atoms with E-state index < -0.39 is 28.8 Å². The van der Waals surface area contributed by atoms with Crippen molar-refractivity contribution < 1.29 is 23.1 Å². The Kier molecular flexibility index (Phi) is 5.77. The highest BCUT2D eigenvalue weighted by atomic mass is 32.1. The number of aromatic nitrogens is 3. The van der Waals surface area contributed by atoms with E-state index in [9.17, 15) is 27.9 Å². The number of aliphatic hydroxyl groups is 1. The molecule has 0 fully saturated rings. The lowest BCUT2D eigenvalue weighted by atomic mass is 10.1. The molecule has 0 aliphatic carbocycles. The molecule has 3 rings (SSSR count). The molecule has 0 aliphatic heterocycles. The van der Waals surface area contributed by atoms with Gasteiger partial charge in [-0.1, -0.05) is 12.1 Å². The molecule has 0 spiro atoms. The van der Waals surface area contributed by atoms with E-state index in [0.717, 1.165) is 28.3 Å². The van der Waals surface area contributed by atoms with Crippen molar-refractivity contribution in [2.75, 3.05) is 6.54 Å². The molecule has 0 radical (unpaired) electrons. The van der Waals surface area contributed by atoms with Crippen molar-refractivity contribution in [2.24, 2.45) is 0 Å². The van der Waals surface area contributed by atoms with Gasteiger partial charge in [-0.2, -0.15) is 27.3 Å². The molecule has 0 unspecified atom stereocenters. The molecule has 2 aromatic heterocycles. The van der Waals surface area contributed by atoms with Crippen LogP contribution < -0.4 is 10.9 Å². The van der Waals surface area contributed by atoms with Crippen molar-refractivity contribution in [1.82, 2.24) is 19.5 Å². The Bertz CT molecular complexity index is 1100. The third-order valence-corrected chi connectivity index (χ3v) is 4.58. The van der Waals surface area contributed by atoms with Gasteiger partial charge in [0.15, 0.2) is 0 Å². The van der Waals surface area contributed by atoms with Gasteiger partial charge < -0.3 is 10.4 Å². The summed E-state index contributed by atoms with van der Waals surface area (Å²) in [6, 6.07) is 5.43. The summed E-state index contributed by atoms with van der Waals surface area (Å²) in [6.45, 7) is 2.87. The zero-order chi connectivity index (χ0) is 22.1. The van der Waals surface area contributed by atoms with Crippen LogP contribution in [0.4, 0.5) is 13.2 Å². The molecule has 2 N–H and O–H groups in total. The zero-order valence-corrected chi connectivity index (χ0v) is 16.7. The minimum atomic E-state index is -4.49. The van der Waals surface area contributed by atoms with E-state index in [2.05, 4.69) is 14.8 Å². The zero-order valence-electron chi connectivity index (χ0n) is 15.9. The van der Waals surface area contributed by atoms with Crippen LogP contribution in [0.25, 0.3) is 16.9 Å². The number of nitrogens with one attached hydrogen (secondary N) is 1. The SMILES string of the molecule is CC(C)(O)CNC(=O)c1cc(-c2ccc(C(F)(F)F)cc2)nn(-c2cnsc2)c1=O. The number of rotatable bonds is 5. The molecular formula is C19H17F3N4O3S. The lowest BCUT2D eigenvalue weighted by molar-refractivity contribution is -0.137. The van der Waals surface area contributed by atoms with E-state index in [4.69, 9.17) is 0 Å². The normalized spacial score (nSPS) is 12.1. The number of carbonyl (C=O) groups excluding carboxylic acids is 1. The first-order valence-electron chi connectivity index (χ1n) is 8.68. The van der Waals surface area contributed by atoms with Crippen LogP contribution in [-0.4, -0.2) is 37.3 Å². The maximum atomic E-state index is 12.8. The molecular weight excluding hydrogens is 421 g/mol. The summed E-state index contributed by atoms with van der Waals surface area (Å²) in [7, 11) is 0. The Hall–Kier alpha value is -3.05. The van der Waals surface area contributed by atoms with Crippen LogP contribution >= 0.6 is 11.5 Å². The number of carbonyl (C=O) groups is 1. The average molecular weight is 438 g/mol. The fourth-order valence-electron chi connectivity index (χ4n) is 2.50. The quantitative estimate of drug-likeness (QED) is 0.639. The summed E-state index contributed by atoms with van der Waals surface area (Å²) >= 11 is 1.07. The monoisotopic (exact) mass is 438 g/mol. The van der Waals surface area contributed by atoms with Gasteiger partial charge in [-0.25, -0.2) is 0 Å². The van der Waals surface area contributed by atoms with Crippen LogP contribution in [0.1, 0.15) is 29.8 Å². The van der Waals surface area contributed by atoms with E-state index in [1.165, 1.54) is 38.2 Å². The van der Waals surface area contributed by atoms with Gasteiger partial charge in [-0.15, -0.1) is 0 Å². The number of halogens is 3. The van der Waals surface area contributed by atoms with Gasteiger partial charge >= 0.3 is 6.18 Å². The van der Waals surface area contributed by atoms with Gasteiger partial charge in [0.1, 0.15) is 5.56 Å². The highest BCUT2D eigenvalue weighted by Gasteiger charge is 2.30. The maximum absolute atomic E-state index is 12.8. The lowest BCUT2D eigenvalue weighted by Crippen LogP contribution is -2.41. The van der Waals surface area contributed by atoms with Crippen LogP contribution in [0.15, 0.2) is 46.7 Å². The maximum Gasteiger partial charge on any atom is 0.416 e. The highest BCUT2D eigenvalue weighted by Crippen LogP contribution is 2.30. The second-order valence-electron chi connectivity index (χ2n) is 7.11. The van der Waals surface area contributed by atoms with Crippen LogP contribution in [0.5, 0.6) is 0 Å². The Morgan fingerprint density at radius 2 is 1.90 bits per heavy atom. The molecule has 0 saturated heterocycles. The Morgan fingerprint density at radius 3 is 2.43 bits per heavy atom. The summed E-state index contributed by atoms with van der Waals surface area (Å²) in [5, 5.41) is 18.0. The Morgan fingerprint density at radius 1 is 1.23 bits per heavy atom. The Balaban J connectivity index is 2.08. The molecule has 0 aliphatic rings. The smallest absolute Gasteiger partial charge is 0.389 e. The molecule has 3 aromatic rings. The summed E-state index contributed by atoms with van der Waals surface area (Å²) in [5.74, 6) is -0.741. The van der Waals surface area contributed by atoms with Gasteiger partial charge in [-0.05, 0) is 43.6 Å². The molecule has 11 heteroatoms. The molecule has 2 heterocycles. The van der Waals surface area contributed by atoms with Crippen LogP contribution in [0, 0.1) is 0 Å². The van der Waals surface area contributed by atoms with Gasteiger partial charge in [0.25, 0.3) is 11.5 Å². The van der Waals surface area contributed by atoms with E-state index in [1.807, 2.05) is 0 Å². The molecule has 0 bridgehead atoms. The molecule has 7 nitrogen and oxygen atoms in total. The first-order chi connectivity index (χ1) is 14.0. The molecule has 1 aromatic carbocycles. The van der Waals surface area contributed by atoms with Gasteiger partial charge in [0, 0.05) is 17.5 Å². The summed E-state index contributed by atoms with van der Waals surface area (Å²) in [5.41, 5.74) is -2.29. The molecule has 1 amide bonds. The number of amides is 1. The largest absolute Gasteiger partial charge is 0.416 e. The molecule has 158 valence electrons. The van der Waals surface area contributed by atoms with Gasteiger partial charge in [0.05, 0.1) is 28.7 Å². The number of hydrogen-bond acceptors (Lipinski definition) is 6. The summed E-state index contributed by atoms with van der Waals surface area (Å²) in [4.78, 5) is 25.4. The summed E-state index contributed by atoms with van der Waals surface area (Å²) in [6.07, 6.45) is -3.11. The van der Waals surface area contributed by atoms with Crippen molar-refractivity contribution in [3.8, 4) is 16.9 Å². The first kappa shape index (κ1) is 21.7. The number of benzene rings is 1. The molecule has 30 heavy (non-hydrogen) atoms. The van der Waals surface area contributed by atoms with E-state index in [1.54, 1.807) is 5.38 Å².